The predicted molar refractivity (Wildman–Crippen MR) is 124 cm³/mol. The Balaban J connectivity index is 1.72. The highest BCUT2D eigenvalue weighted by Crippen LogP contribution is 2.39. The number of ether oxygens (including phenoxy) is 1. The molecule has 212 valence electrons. The molecule has 1 aliphatic carbocycles. The van der Waals surface area contributed by atoms with Crippen molar-refractivity contribution < 1.29 is 46.2 Å². The van der Waals surface area contributed by atoms with E-state index in [1.807, 2.05) is 0 Å². The van der Waals surface area contributed by atoms with E-state index in [4.69, 9.17) is 4.74 Å². The molecule has 2 aliphatic rings. The molecule has 0 aromatic carbocycles. The Hall–Kier alpha value is -3.03. The van der Waals surface area contributed by atoms with Gasteiger partial charge in [-0.05, 0) is 63.6 Å². The zero-order valence-corrected chi connectivity index (χ0v) is 21.1. The normalized spacial score (nSPS) is 24.9. The van der Waals surface area contributed by atoms with Gasteiger partial charge in [0.1, 0.15) is 17.5 Å². The van der Waals surface area contributed by atoms with Crippen molar-refractivity contribution in [3.63, 3.8) is 0 Å². The number of nitrogens with one attached hydrogen (secondary N) is 3. The Morgan fingerprint density at radius 3 is 2.42 bits per heavy atom. The van der Waals surface area contributed by atoms with Crippen molar-refractivity contribution in [2.75, 3.05) is 5.32 Å². The molecular weight excluding hydrogens is 519 g/mol. The predicted octanol–water partition coefficient (Wildman–Crippen LogP) is 3.67. The Bertz CT molecular complexity index is 1050. The van der Waals surface area contributed by atoms with Crippen molar-refractivity contribution in [2.24, 2.45) is 11.8 Å². The average Bonchev–Trinajstić information content (AvgIpc) is 3.05. The van der Waals surface area contributed by atoms with E-state index in [9.17, 15) is 41.4 Å². The molecule has 1 aromatic heterocycles. The van der Waals surface area contributed by atoms with Gasteiger partial charge in [-0.2, -0.15) is 13.2 Å². The highest BCUT2D eigenvalue weighted by atomic mass is 19.4. The Morgan fingerprint density at radius 2 is 1.87 bits per heavy atom. The fourth-order valence-corrected chi connectivity index (χ4v) is 4.54. The van der Waals surface area contributed by atoms with Gasteiger partial charge in [0.25, 0.3) is 0 Å². The SMILES string of the molecule is CC(C)(C)OC(=O)N[C@H](C(=O)Nc1cc(CC2CC(O)(C(F)(F)F)NC2=O)ccn1)C1CCC(F)(F)CC1. The van der Waals surface area contributed by atoms with E-state index in [-0.39, 0.29) is 25.1 Å². The first kappa shape index (κ1) is 29.5. The van der Waals surface area contributed by atoms with Gasteiger partial charge in [0.05, 0.1) is 0 Å². The summed E-state index contributed by atoms with van der Waals surface area (Å²) in [7, 11) is 0. The van der Waals surface area contributed by atoms with Gasteiger partial charge in [0.2, 0.25) is 23.5 Å². The Labute approximate surface area is 215 Å². The Kier molecular flexibility index (Phi) is 8.25. The highest BCUT2D eigenvalue weighted by molar-refractivity contribution is 5.96. The molecule has 4 N–H and O–H groups in total. The lowest BCUT2D eigenvalue weighted by atomic mass is 9.81. The first-order chi connectivity index (χ1) is 17.4. The highest BCUT2D eigenvalue weighted by Gasteiger charge is 2.60. The summed E-state index contributed by atoms with van der Waals surface area (Å²) in [5.74, 6) is -6.37. The van der Waals surface area contributed by atoms with E-state index in [0.717, 1.165) is 0 Å². The molecule has 2 heterocycles. The molecule has 1 aromatic rings. The number of pyridine rings is 1. The third-order valence-corrected chi connectivity index (χ3v) is 6.46. The van der Waals surface area contributed by atoms with Gasteiger partial charge < -0.3 is 25.8 Å². The van der Waals surface area contributed by atoms with E-state index in [1.54, 1.807) is 26.1 Å². The minimum absolute atomic E-state index is 0.0193. The van der Waals surface area contributed by atoms with E-state index >= 15 is 0 Å². The number of carbonyl (C=O) groups excluding carboxylic acids is 3. The van der Waals surface area contributed by atoms with Crippen LogP contribution in [0.1, 0.15) is 58.4 Å². The summed E-state index contributed by atoms with van der Waals surface area (Å²) >= 11 is 0. The lowest BCUT2D eigenvalue weighted by Crippen LogP contribution is -2.53. The van der Waals surface area contributed by atoms with Crippen LogP contribution >= 0.6 is 0 Å². The molecule has 2 unspecified atom stereocenters. The number of halogens is 5. The molecule has 0 radical (unpaired) electrons. The van der Waals surface area contributed by atoms with Gasteiger partial charge in [-0.3, -0.25) is 9.59 Å². The molecule has 0 spiro atoms. The smallest absolute Gasteiger partial charge is 0.436 e. The summed E-state index contributed by atoms with van der Waals surface area (Å²) in [6.45, 7) is 4.87. The maximum Gasteiger partial charge on any atom is 0.436 e. The molecule has 2 fully saturated rings. The van der Waals surface area contributed by atoms with E-state index in [2.05, 4.69) is 15.6 Å². The van der Waals surface area contributed by atoms with Crippen LogP contribution in [0.15, 0.2) is 18.3 Å². The topological polar surface area (TPSA) is 130 Å². The number of alkyl carbamates (subject to hydrolysis) is 1. The van der Waals surface area contributed by atoms with Crippen LogP contribution in [-0.4, -0.2) is 57.5 Å². The number of anilines is 1. The number of rotatable bonds is 6. The van der Waals surface area contributed by atoms with Crippen LogP contribution in [0.2, 0.25) is 0 Å². The molecule has 0 bridgehead atoms. The molecule has 1 aliphatic heterocycles. The van der Waals surface area contributed by atoms with Gasteiger partial charge in [0.15, 0.2) is 0 Å². The number of hydrogen-bond donors (Lipinski definition) is 4. The quantitative estimate of drug-likeness (QED) is 0.400. The second kappa shape index (κ2) is 10.6. The number of hydrogen-bond acceptors (Lipinski definition) is 6. The molecule has 1 saturated heterocycles. The van der Waals surface area contributed by atoms with Gasteiger partial charge in [0, 0.05) is 31.4 Å². The average molecular weight is 551 g/mol. The standard InChI is InChI=1S/C24H31F5N4O5/c1-21(2,3)38-20(36)32-17(14-4-7-22(25,26)8-5-14)19(35)31-16-11-13(6-9-30-16)10-15-12-23(37,24(27,28)29)33-18(15)34/h6,9,11,14-15,17,37H,4-5,7-8,10,12H2,1-3H3,(H,32,36)(H,33,34)(H,30,31,35)/t15?,17-,23?/m0/s1. The fourth-order valence-electron chi connectivity index (χ4n) is 4.54. The first-order valence-electron chi connectivity index (χ1n) is 12.1. The van der Waals surface area contributed by atoms with Crippen molar-refractivity contribution in [1.29, 1.82) is 0 Å². The van der Waals surface area contributed by atoms with Gasteiger partial charge in [-0.25, -0.2) is 18.6 Å². The van der Waals surface area contributed by atoms with Crippen molar-refractivity contribution >= 4 is 23.7 Å². The largest absolute Gasteiger partial charge is 0.444 e. The van der Waals surface area contributed by atoms with Crippen LogP contribution in [0.25, 0.3) is 0 Å². The minimum atomic E-state index is -5.05. The summed E-state index contributed by atoms with van der Waals surface area (Å²) in [5, 5.41) is 16.3. The molecular formula is C24H31F5N4O5. The van der Waals surface area contributed by atoms with E-state index < -0.39 is 78.5 Å². The summed E-state index contributed by atoms with van der Waals surface area (Å²) in [4.78, 5) is 41.6. The summed E-state index contributed by atoms with van der Waals surface area (Å²) < 4.78 is 71.9. The number of aliphatic hydroxyl groups is 1. The number of alkyl halides is 5. The molecule has 3 amide bonds. The summed E-state index contributed by atoms with van der Waals surface area (Å²) in [6.07, 6.45) is -6.67. The van der Waals surface area contributed by atoms with Crippen LogP contribution in [0, 0.1) is 11.8 Å². The number of carbonyl (C=O) groups is 3. The molecule has 38 heavy (non-hydrogen) atoms. The maximum atomic E-state index is 13.7. The number of nitrogens with zero attached hydrogens (tertiary/aromatic N) is 1. The molecule has 1 saturated carbocycles. The van der Waals surface area contributed by atoms with Crippen LogP contribution in [-0.2, 0) is 20.7 Å². The maximum absolute atomic E-state index is 13.7. The van der Waals surface area contributed by atoms with Crippen molar-refractivity contribution in [3.05, 3.63) is 23.9 Å². The van der Waals surface area contributed by atoms with Crippen molar-refractivity contribution in [1.82, 2.24) is 15.6 Å². The lowest BCUT2D eigenvalue weighted by molar-refractivity contribution is -0.266. The second-order valence-electron chi connectivity index (χ2n) is 10.8. The lowest BCUT2D eigenvalue weighted by Gasteiger charge is -2.33. The number of amides is 3. The van der Waals surface area contributed by atoms with Crippen LogP contribution in [0.4, 0.5) is 32.6 Å². The zero-order chi connectivity index (χ0) is 28.5. The monoisotopic (exact) mass is 550 g/mol. The molecule has 14 heteroatoms. The van der Waals surface area contributed by atoms with Gasteiger partial charge in [-0.1, -0.05) is 0 Å². The first-order valence-corrected chi connectivity index (χ1v) is 12.1. The second-order valence-corrected chi connectivity index (χ2v) is 10.8. The van der Waals surface area contributed by atoms with Gasteiger partial charge in [-0.15, -0.1) is 0 Å². The summed E-state index contributed by atoms with van der Waals surface area (Å²) in [5.41, 5.74) is -3.84. The van der Waals surface area contributed by atoms with E-state index in [0.29, 0.717) is 5.56 Å². The van der Waals surface area contributed by atoms with Crippen molar-refractivity contribution in [3.8, 4) is 0 Å². The molecule has 3 rings (SSSR count). The number of aromatic nitrogens is 1. The van der Waals surface area contributed by atoms with Crippen LogP contribution in [0.5, 0.6) is 0 Å². The molecule has 9 nitrogen and oxygen atoms in total. The molecule has 3 atom stereocenters. The van der Waals surface area contributed by atoms with Crippen LogP contribution < -0.4 is 16.0 Å². The fraction of sp³-hybridized carbons (Fsp3) is 0.667. The third kappa shape index (κ3) is 7.51. The third-order valence-electron chi connectivity index (χ3n) is 6.46. The van der Waals surface area contributed by atoms with Crippen LogP contribution in [0.3, 0.4) is 0 Å². The van der Waals surface area contributed by atoms with E-state index in [1.165, 1.54) is 18.3 Å². The van der Waals surface area contributed by atoms with Crippen molar-refractivity contribution in [2.45, 2.75) is 88.8 Å². The Morgan fingerprint density at radius 1 is 1.24 bits per heavy atom. The summed E-state index contributed by atoms with van der Waals surface area (Å²) in [6, 6.07) is 1.57. The zero-order valence-electron chi connectivity index (χ0n) is 21.1. The van der Waals surface area contributed by atoms with Gasteiger partial charge >= 0.3 is 12.3 Å². The minimum Gasteiger partial charge on any atom is -0.444 e.